The maximum atomic E-state index is 11.6. The van der Waals surface area contributed by atoms with Gasteiger partial charge in [0.15, 0.2) is 0 Å². The monoisotopic (exact) mass is 250 g/mol. The maximum Gasteiger partial charge on any atom is 0.247 e. The van der Waals surface area contributed by atoms with E-state index >= 15 is 0 Å². The van der Waals surface area contributed by atoms with E-state index in [4.69, 9.17) is 17.3 Å². The molecule has 1 rings (SSSR count). The molecule has 0 aliphatic heterocycles. The zero-order chi connectivity index (χ0) is 12.8. The van der Waals surface area contributed by atoms with Gasteiger partial charge in [0.05, 0.1) is 0 Å². The van der Waals surface area contributed by atoms with Gasteiger partial charge < -0.3 is 11.1 Å². The summed E-state index contributed by atoms with van der Waals surface area (Å²) in [5, 5.41) is 3.25. The Morgan fingerprint density at radius 1 is 1.59 bits per heavy atom. The quantitative estimate of drug-likeness (QED) is 0.490. The molecular formula is C13H15ClN2O. The first-order valence-electron chi connectivity index (χ1n) is 5.17. The molecule has 0 aromatic heterocycles. The number of hydrogen-bond donors (Lipinski definition) is 2. The van der Waals surface area contributed by atoms with Crippen molar-refractivity contribution in [2.75, 3.05) is 12.3 Å². The molecule has 3 N–H and O–H groups in total. The van der Waals surface area contributed by atoms with Gasteiger partial charge in [0, 0.05) is 22.8 Å². The molecule has 0 aliphatic rings. The van der Waals surface area contributed by atoms with E-state index in [0.29, 0.717) is 22.8 Å². The Bertz CT molecular complexity index is 466. The lowest BCUT2D eigenvalue weighted by Crippen LogP contribution is -2.23. The summed E-state index contributed by atoms with van der Waals surface area (Å²) >= 11 is 6.00. The van der Waals surface area contributed by atoms with Crippen LogP contribution in [0.5, 0.6) is 0 Å². The normalized spacial score (nSPS) is 11.1. The van der Waals surface area contributed by atoms with Crippen LogP contribution in [-0.2, 0) is 4.79 Å². The highest BCUT2D eigenvalue weighted by molar-refractivity contribution is 6.32. The van der Waals surface area contributed by atoms with Gasteiger partial charge in [-0.1, -0.05) is 17.7 Å². The molecule has 0 spiro atoms. The van der Waals surface area contributed by atoms with E-state index in [0.717, 1.165) is 5.56 Å². The number of nitrogens with two attached hydrogens (primary N) is 1. The van der Waals surface area contributed by atoms with Crippen molar-refractivity contribution in [3.63, 3.8) is 0 Å². The smallest absolute Gasteiger partial charge is 0.247 e. The zero-order valence-electron chi connectivity index (χ0n) is 9.66. The average molecular weight is 251 g/mol. The first-order valence-corrected chi connectivity index (χ1v) is 5.55. The number of nitrogens with one attached hydrogen (secondary N) is 1. The molecule has 0 unspecified atom stereocenters. The van der Waals surface area contributed by atoms with Crippen LogP contribution in [0.15, 0.2) is 36.4 Å². The second-order valence-electron chi connectivity index (χ2n) is 3.61. The van der Waals surface area contributed by atoms with Crippen molar-refractivity contribution in [2.24, 2.45) is 0 Å². The fourth-order valence-corrected chi connectivity index (χ4v) is 1.45. The number of carbonyl (C=O) groups excluding carboxylic acids is 1. The van der Waals surface area contributed by atoms with Crippen molar-refractivity contribution < 1.29 is 4.79 Å². The highest BCUT2D eigenvalue weighted by Gasteiger charge is 2.04. The van der Waals surface area contributed by atoms with E-state index in [1.807, 2.05) is 0 Å². The van der Waals surface area contributed by atoms with Gasteiger partial charge >= 0.3 is 0 Å². The standard InChI is InChI=1S/C13H15ClN2O/c1-3-6-16-13(17)9(2)7-10-8-11(15)4-5-12(10)14/h3-5,7-8H,1,6,15H2,2H3,(H,16,17). The predicted octanol–water partition coefficient (Wildman–Crippen LogP) is 2.63. The third-order valence-electron chi connectivity index (χ3n) is 2.16. The Morgan fingerprint density at radius 3 is 2.94 bits per heavy atom. The van der Waals surface area contributed by atoms with Crippen LogP contribution in [0.1, 0.15) is 12.5 Å². The highest BCUT2D eigenvalue weighted by Crippen LogP contribution is 2.21. The minimum Gasteiger partial charge on any atom is -0.399 e. The fraction of sp³-hybridized carbons (Fsp3) is 0.154. The van der Waals surface area contributed by atoms with Crippen molar-refractivity contribution in [1.29, 1.82) is 0 Å². The van der Waals surface area contributed by atoms with Crippen molar-refractivity contribution in [3.05, 3.63) is 47.0 Å². The minimum atomic E-state index is -0.150. The number of halogens is 1. The Kier molecular flexibility index (Phi) is 4.79. The lowest BCUT2D eigenvalue weighted by atomic mass is 10.1. The maximum absolute atomic E-state index is 11.6. The molecule has 1 aromatic rings. The molecule has 1 aromatic carbocycles. The van der Waals surface area contributed by atoms with E-state index in [9.17, 15) is 4.79 Å². The molecule has 0 atom stereocenters. The molecule has 0 saturated carbocycles. The highest BCUT2D eigenvalue weighted by atomic mass is 35.5. The number of carbonyl (C=O) groups is 1. The third-order valence-corrected chi connectivity index (χ3v) is 2.50. The van der Waals surface area contributed by atoms with Gasteiger partial charge in [0.1, 0.15) is 0 Å². The number of hydrogen-bond acceptors (Lipinski definition) is 2. The largest absolute Gasteiger partial charge is 0.399 e. The molecule has 4 heteroatoms. The molecule has 0 heterocycles. The minimum absolute atomic E-state index is 0.150. The van der Waals surface area contributed by atoms with E-state index in [2.05, 4.69) is 11.9 Å². The number of amides is 1. The predicted molar refractivity (Wildman–Crippen MR) is 72.7 cm³/mol. The first-order chi connectivity index (χ1) is 8.04. The van der Waals surface area contributed by atoms with Gasteiger partial charge in [-0.3, -0.25) is 4.79 Å². The van der Waals surface area contributed by atoms with Crippen molar-refractivity contribution in [1.82, 2.24) is 5.32 Å². The Labute approximate surface area is 106 Å². The molecule has 0 radical (unpaired) electrons. The summed E-state index contributed by atoms with van der Waals surface area (Å²) < 4.78 is 0. The molecule has 3 nitrogen and oxygen atoms in total. The molecular weight excluding hydrogens is 236 g/mol. The Morgan fingerprint density at radius 2 is 2.29 bits per heavy atom. The summed E-state index contributed by atoms with van der Waals surface area (Å²) in [6.07, 6.45) is 3.33. The topological polar surface area (TPSA) is 55.1 Å². The first kappa shape index (κ1) is 13.3. The van der Waals surface area contributed by atoms with E-state index in [1.54, 1.807) is 37.3 Å². The van der Waals surface area contributed by atoms with Gasteiger partial charge in [0.2, 0.25) is 5.91 Å². The average Bonchev–Trinajstić information content (AvgIpc) is 2.30. The molecule has 0 fully saturated rings. The van der Waals surface area contributed by atoms with Crippen LogP contribution in [0, 0.1) is 0 Å². The van der Waals surface area contributed by atoms with Crippen LogP contribution in [-0.4, -0.2) is 12.5 Å². The van der Waals surface area contributed by atoms with Crippen LogP contribution < -0.4 is 11.1 Å². The van der Waals surface area contributed by atoms with Gasteiger partial charge in [-0.2, -0.15) is 0 Å². The number of benzene rings is 1. The summed E-state index contributed by atoms with van der Waals surface area (Å²) in [6.45, 7) is 5.69. The van der Waals surface area contributed by atoms with Crippen LogP contribution in [0.2, 0.25) is 5.02 Å². The molecule has 1 amide bonds. The number of anilines is 1. The van der Waals surface area contributed by atoms with Gasteiger partial charge in [-0.25, -0.2) is 0 Å². The van der Waals surface area contributed by atoms with Crippen LogP contribution in [0.25, 0.3) is 6.08 Å². The molecule has 0 saturated heterocycles. The Hall–Kier alpha value is -1.74. The molecule has 0 aliphatic carbocycles. The second-order valence-corrected chi connectivity index (χ2v) is 4.01. The SMILES string of the molecule is C=CCNC(=O)C(C)=Cc1cc(N)ccc1Cl. The van der Waals surface area contributed by atoms with Crippen molar-refractivity contribution in [3.8, 4) is 0 Å². The third kappa shape index (κ3) is 3.96. The molecule has 17 heavy (non-hydrogen) atoms. The molecule has 90 valence electrons. The Balaban J connectivity index is 2.90. The number of nitrogen functional groups attached to an aromatic ring is 1. The zero-order valence-corrected chi connectivity index (χ0v) is 10.4. The van der Waals surface area contributed by atoms with Gasteiger partial charge in [0.25, 0.3) is 0 Å². The summed E-state index contributed by atoms with van der Waals surface area (Å²) in [7, 11) is 0. The van der Waals surface area contributed by atoms with Gasteiger partial charge in [-0.15, -0.1) is 6.58 Å². The van der Waals surface area contributed by atoms with Gasteiger partial charge in [-0.05, 0) is 36.8 Å². The summed E-state index contributed by atoms with van der Waals surface area (Å²) in [5.74, 6) is -0.150. The van der Waals surface area contributed by atoms with E-state index in [1.165, 1.54) is 0 Å². The summed E-state index contributed by atoms with van der Waals surface area (Å²) in [4.78, 5) is 11.6. The second kappa shape index (κ2) is 6.11. The summed E-state index contributed by atoms with van der Waals surface area (Å²) in [5.41, 5.74) is 7.57. The lowest BCUT2D eigenvalue weighted by Gasteiger charge is -2.04. The number of rotatable bonds is 4. The summed E-state index contributed by atoms with van der Waals surface area (Å²) in [6, 6.07) is 5.15. The van der Waals surface area contributed by atoms with Crippen molar-refractivity contribution in [2.45, 2.75) is 6.92 Å². The van der Waals surface area contributed by atoms with Crippen molar-refractivity contribution >= 4 is 29.3 Å². The van der Waals surface area contributed by atoms with Crippen LogP contribution in [0.4, 0.5) is 5.69 Å². The molecule has 0 bridgehead atoms. The van der Waals surface area contributed by atoms with E-state index < -0.39 is 0 Å². The van der Waals surface area contributed by atoms with Crippen LogP contribution in [0.3, 0.4) is 0 Å². The lowest BCUT2D eigenvalue weighted by molar-refractivity contribution is -0.117. The van der Waals surface area contributed by atoms with E-state index in [-0.39, 0.29) is 5.91 Å². The fourth-order valence-electron chi connectivity index (χ4n) is 1.28. The van der Waals surface area contributed by atoms with Crippen LogP contribution >= 0.6 is 11.6 Å².